The third kappa shape index (κ3) is 5.78. The Balaban J connectivity index is 1.72. The molecule has 9 nitrogen and oxygen atoms in total. The number of carbonyl (C=O) groups is 1. The summed E-state index contributed by atoms with van der Waals surface area (Å²) in [7, 11) is -3.17. The smallest absolute Gasteiger partial charge is 0.273 e. The molecule has 0 unspecified atom stereocenters. The van der Waals surface area contributed by atoms with Crippen molar-refractivity contribution in [1.82, 2.24) is 20.2 Å². The van der Waals surface area contributed by atoms with Gasteiger partial charge < -0.3 is 20.3 Å². The van der Waals surface area contributed by atoms with Crippen LogP contribution in [0.3, 0.4) is 0 Å². The molecule has 10 heteroatoms. The highest BCUT2D eigenvalue weighted by Crippen LogP contribution is 2.30. The maximum absolute atomic E-state index is 13.5. The number of hydrogen-bond acceptors (Lipinski definition) is 7. The predicted octanol–water partition coefficient (Wildman–Crippen LogP) is 2.14. The highest BCUT2D eigenvalue weighted by atomic mass is 32.2. The lowest BCUT2D eigenvalue weighted by atomic mass is 10.0. The summed E-state index contributed by atoms with van der Waals surface area (Å²) in [5.41, 5.74) is 1.94. The van der Waals surface area contributed by atoms with Crippen LogP contribution in [0, 0.1) is 0 Å². The summed E-state index contributed by atoms with van der Waals surface area (Å²) in [6.45, 7) is 0.619. The molecule has 0 aliphatic heterocycles. The van der Waals surface area contributed by atoms with E-state index in [0.29, 0.717) is 22.0 Å². The van der Waals surface area contributed by atoms with Gasteiger partial charge in [-0.3, -0.25) is 9.59 Å². The van der Waals surface area contributed by atoms with E-state index in [-0.39, 0.29) is 42.5 Å². The van der Waals surface area contributed by atoms with Crippen LogP contribution in [0.2, 0.25) is 0 Å². The van der Waals surface area contributed by atoms with Crippen molar-refractivity contribution in [2.45, 2.75) is 6.54 Å². The molecular formula is C26H26N4O5S. The third-order valence-corrected chi connectivity index (χ3v) is 6.29. The molecule has 0 atom stereocenters. The molecular weight excluding hydrogens is 480 g/mol. The Morgan fingerprint density at radius 3 is 2.36 bits per heavy atom. The van der Waals surface area contributed by atoms with Gasteiger partial charge in [-0.25, -0.2) is 13.4 Å². The first-order chi connectivity index (χ1) is 17.2. The minimum Gasteiger partial charge on any atom is -0.505 e. The molecule has 4 rings (SSSR count). The number of aromatic hydroxyl groups is 1. The monoisotopic (exact) mass is 506 g/mol. The highest BCUT2D eigenvalue weighted by molar-refractivity contribution is 7.90. The number of nitrogens with one attached hydrogen (secondary N) is 2. The van der Waals surface area contributed by atoms with Gasteiger partial charge in [0.25, 0.3) is 11.5 Å². The lowest BCUT2D eigenvalue weighted by molar-refractivity contribution is 0.0946. The fourth-order valence-corrected chi connectivity index (χ4v) is 4.36. The first kappa shape index (κ1) is 25.1. The van der Waals surface area contributed by atoms with Gasteiger partial charge in [0.15, 0.2) is 21.3 Å². The first-order valence-corrected chi connectivity index (χ1v) is 13.3. The van der Waals surface area contributed by atoms with Gasteiger partial charge in [-0.2, -0.15) is 0 Å². The predicted molar refractivity (Wildman–Crippen MR) is 139 cm³/mol. The number of carbonyl (C=O) groups excluding carboxylic acids is 1. The summed E-state index contributed by atoms with van der Waals surface area (Å²) < 4.78 is 23.9. The molecule has 0 fully saturated rings. The number of aromatic nitrogens is 2. The number of fused-ring (bicyclic) bond motifs is 1. The fraction of sp³-hybridized carbons (Fsp3) is 0.192. The van der Waals surface area contributed by atoms with Gasteiger partial charge in [0.1, 0.15) is 0 Å². The third-order valence-electron chi connectivity index (χ3n) is 5.56. The minimum atomic E-state index is -3.17. The van der Waals surface area contributed by atoms with Crippen LogP contribution in [-0.2, 0) is 16.4 Å². The van der Waals surface area contributed by atoms with Crippen molar-refractivity contribution in [3.05, 3.63) is 94.5 Å². The zero-order chi connectivity index (χ0) is 25.7. The summed E-state index contributed by atoms with van der Waals surface area (Å²) in [6, 6.07) is 20.2. The Hall–Kier alpha value is -4.02. The van der Waals surface area contributed by atoms with Crippen molar-refractivity contribution in [2.75, 3.05) is 25.2 Å². The molecule has 0 saturated heterocycles. The van der Waals surface area contributed by atoms with Crippen molar-refractivity contribution >= 4 is 26.6 Å². The van der Waals surface area contributed by atoms with Crippen LogP contribution in [0.4, 0.5) is 0 Å². The largest absolute Gasteiger partial charge is 0.505 e. The van der Waals surface area contributed by atoms with E-state index in [4.69, 9.17) is 0 Å². The van der Waals surface area contributed by atoms with Crippen LogP contribution in [0.25, 0.3) is 22.0 Å². The highest BCUT2D eigenvalue weighted by Gasteiger charge is 2.20. The van der Waals surface area contributed by atoms with E-state index in [1.807, 2.05) is 60.7 Å². The summed E-state index contributed by atoms with van der Waals surface area (Å²) in [4.78, 5) is 30.4. The van der Waals surface area contributed by atoms with Crippen LogP contribution < -0.4 is 16.2 Å². The molecule has 1 amide bonds. The van der Waals surface area contributed by atoms with Crippen molar-refractivity contribution in [3.63, 3.8) is 0 Å². The molecule has 186 valence electrons. The average molecular weight is 507 g/mol. The van der Waals surface area contributed by atoms with Crippen molar-refractivity contribution < 1.29 is 18.3 Å². The molecule has 0 bridgehead atoms. The van der Waals surface area contributed by atoms with E-state index in [9.17, 15) is 23.1 Å². The number of amides is 1. The second-order valence-electron chi connectivity index (χ2n) is 8.38. The molecule has 4 aromatic rings. The van der Waals surface area contributed by atoms with Gasteiger partial charge in [-0.1, -0.05) is 60.7 Å². The van der Waals surface area contributed by atoms with E-state index in [2.05, 4.69) is 15.6 Å². The van der Waals surface area contributed by atoms with Crippen LogP contribution in [-0.4, -0.2) is 54.2 Å². The number of hydrogen-bond donors (Lipinski definition) is 3. The molecule has 2 heterocycles. The summed E-state index contributed by atoms with van der Waals surface area (Å²) in [6.07, 6.45) is 2.52. The molecule has 0 radical (unpaired) electrons. The molecule has 3 N–H and O–H groups in total. The topological polar surface area (TPSA) is 130 Å². The molecule has 2 aromatic heterocycles. The summed E-state index contributed by atoms with van der Waals surface area (Å²) >= 11 is 0. The Kier molecular flexibility index (Phi) is 7.47. The van der Waals surface area contributed by atoms with E-state index in [1.54, 1.807) is 6.07 Å². The molecule has 2 aromatic carbocycles. The van der Waals surface area contributed by atoms with Gasteiger partial charge in [0, 0.05) is 30.3 Å². The quantitative estimate of drug-likeness (QED) is 0.297. The van der Waals surface area contributed by atoms with Crippen LogP contribution in [0.5, 0.6) is 5.75 Å². The summed E-state index contributed by atoms with van der Waals surface area (Å²) in [5.74, 6) is -1.16. The molecule has 0 saturated carbocycles. The van der Waals surface area contributed by atoms with Gasteiger partial charge in [0.2, 0.25) is 0 Å². The van der Waals surface area contributed by atoms with Gasteiger partial charge in [0.05, 0.1) is 24.1 Å². The lowest BCUT2D eigenvalue weighted by Gasteiger charge is -2.15. The van der Waals surface area contributed by atoms with Gasteiger partial charge in [-0.05, 0) is 17.2 Å². The molecule has 0 aliphatic rings. The minimum absolute atomic E-state index is 0.135. The molecule has 0 spiro atoms. The zero-order valence-electron chi connectivity index (χ0n) is 19.6. The van der Waals surface area contributed by atoms with E-state index < -0.39 is 15.7 Å². The molecule has 36 heavy (non-hydrogen) atoms. The van der Waals surface area contributed by atoms with E-state index >= 15 is 0 Å². The second kappa shape index (κ2) is 10.7. The first-order valence-electron chi connectivity index (χ1n) is 11.3. The van der Waals surface area contributed by atoms with E-state index in [0.717, 1.165) is 11.8 Å². The van der Waals surface area contributed by atoms with Crippen LogP contribution in [0.1, 0.15) is 16.1 Å². The number of sulfone groups is 1. The van der Waals surface area contributed by atoms with E-state index in [1.165, 1.54) is 10.8 Å². The number of rotatable bonds is 9. The zero-order valence-corrected chi connectivity index (χ0v) is 20.5. The van der Waals surface area contributed by atoms with Gasteiger partial charge in [-0.15, -0.1) is 0 Å². The normalized spacial score (nSPS) is 11.5. The second-order valence-corrected chi connectivity index (χ2v) is 10.5. The maximum Gasteiger partial charge on any atom is 0.273 e. The standard InChI is InChI=1S/C26H26N4O5S/c1-36(34,35)17-27-12-13-28-25(32)23-24(31)21-14-20(19-10-6-3-7-11-19)26(33)30(22(21)15-29-23)16-18-8-4-2-5-9-18/h2-11,14-15,27,31H,12-13,16-17H2,1H3,(H,28,32). The summed E-state index contributed by atoms with van der Waals surface area (Å²) in [5, 5.41) is 16.7. The van der Waals surface area contributed by atoms with Gasteiger partial charge >= 0.3 is 0 Å². The molecule has 0 aliphatic carbocycles. The lowest BCUT2D eigenvalue weighted by Crippen LogP contribution is -2.34. The SMILES string of the molecule is CS(=O)(=O)CNCCNC(=O)c1ncc2c(cc(-c3ccccc3)c(=O)n2Cc2ccccc2)c1O. The Morgan fingerprint density at radius 1 is 1.03 bits per heavy atom. The van der Waals surface area contributed by atoms with Crippen molar-refractivity contribution in [3.8, 4) is 16.9 Å². The Labute approximate surface area is 208 Å². The number of benzene rings is 2. The number of nitrogens with zero attached hydrogens (tertiary/aromatic N) is 2. The maximum atomic E-state index is 13.5. The number of pyridine rings is 2. The van der Waals surface area contributed by atoms with Crippen LogP contribution in [0.15, 0.2) is 77.7 Å². The van der Waals surface area contributed by atoms with Crippen LogP contribution >= 0.6 is 0 Å². The van der Waals surface area contributed by atoms with Crippen molar-refractivity contribution in [2.24, 2.45) is 0 Å². The Bertz CT molecular complexity index is 1550. The fourth-order valence-electron chi connectivity index (χ4n) is 3.84. The van der Waals surface area contributed by atoms with Crippen molar-refractivity contribution in [1.29, 1.82) is 0 Å². The Morgan fingerprint density at radius 2 is 1.69 bits per heavy atom. The average Bonchev–Trinajstić information content (AvgIpc) is 2.86.